The van der Waals surface area contributed by atoms with Crippen LogP contribution in [0, 0.1) is 12.8 Å². The number of nitrogens with zero attached hydrogens (tertiary/aromatic N) is 2. The molecular weight excluding hydrogens is 406 g/mol. The number of anilines is 2. The Bertz CT molecular complexity index is 917. The summed E-state index contributed by atoms with van der Waals surface area (Å²) in [5.41, 5.74) is 1.21. The minimum Gasteiger partial charge on any atom is -0.433 e. The molecule has 0 spiro atoms. The Morgan fingerprint density at radius 2 is 1.87 bits per heavy atom. The molecule has 0 saturated carbocycles. The summed E-state index contributed by atoms with van der Waals surface area (Å²) in [7, 11) is 0. The van der Waals surface area contributed by atoms with Crippen molar-refractivity contribution in [3.8, 4) is 5.75 Å². The number of aromatic nitrogens is 1. The average Bonchev–Trinajstić information content (AvgIpc) is 2.74. The maximum absolute atomic E-state index is 12.7. The lowest BCUT2D eigenvalue weighted by Crippen LogP contribution is -2.47. The van der Waals surface area contributed by atoms with Gasteiger partial charge in [-0.05, 0) is 69.6 Å². The van der Waals surface area contributed by atoms with E-state index in [1.54, 1.807) is 25.3 Å². The van der Waals surface area contributed by atoms with E-state index in [0.717, 1.165) is 5.56 Å². The number of aryl methyl sites for hydroxylation is 1. The molecule has 1 aliphatic heterocycles. The molecule has 1 saturated heterocycles. The molecule has 166 valence electrons. The van der Waals surface area contributed by atoms with E-state index in [1.807, 2.05) is 24.0 Å². The van der Waals surface area contributed by atoms with Crippen LogP contribution in [0.5, 0.6) is 5.75 Å². The molecule has 3 rings (SSSR count). The van der Waals surface area contributed by atoms with Crippen molar-refractivity contribution in [1.29, 1.82) is 0 Å². The Morgan fingerprint density at radius 1 is 1.16 bits per heavy atom. The molecular formula is C22H26F2N4O3. The third kappa shape index (κ3) is 6.21. The maximum Gasteiger partial charge on any atom is 0.387 e. The number of likely N-dealkylation sites (tertiary alicyclic amines) is 1. The molecule has 1 atom stereocenters. The van der Waals surface area contributed by atoms with Crippen LogP contribution in [0.1, 0.15) is 25.3 Å². The number of ether oxygens (including phenoxy) is 1. The number of piperidine rings is 1. The summed E-state index contributed by atoms with van der Waals surface area (Å²) >= 11 is 0. The topological polar surface area (TPSA) is 83.6 Å². The van der Waals surface area contributed by atoms with Gasteiger partial charge in [-0.15, -0.1) is 0 Å². The minimum atomic E-state index is -2.98. The van der Waals surface area contributed by atoms with Gasteiger partial charge in [0.25, 0.3) is 0 Å². The van der Waals surface area contributed by atoms with Gasteiger partial charge in [-0.2, -0.15) is 8.78 Å². The monoisotopic (exact) mass is 432 g/mol. The summed E-state index contributed by atoms with van der Waals surface area (Å²) in [6.45, 7) is 1.85. The predicted octanol–water partition coefficient (Wildman–Crippen LogP) is 3.67. The Kier molecular flexibility index (Phi) is 7.51. The number of nitrogens with one attached hydrogen (secondary N) is 2. The van der Waals surface area contributed by atoms with Crippen molar-refractivity contribution in [1.82, 2.24) is 9.88 Å². The van der Waals surface area contributed by atoms with Gasteiger partial charge in [0.05, 0.1) is 11.7 Å². The van der Waals surface area contributed by atoms with Crippen molar-refractivity contribution >= 4 is 23.3 Å². The highest BCUT2D eigenvalue weighted by Gasteiger charge is 2.30. The number of benzene rings is 1. The first-order valence-corrected chi connectivity index (χ1v) is 10.2. The summed E-state index contributed by atoms with van der Waals surface area (Å²) in [5, 5.41) is 5.51. The summed E-state index contributed by atoms with van der Waals surface area (Å²) in [4.78, 5) is 31.3. The van der Waals surface area contributed by atoms with E-state index in [-0.39, 0.29) is 29.2 Å². The van der Waals surface area contributed by atoms with Gasteiger partial charge < -0.3 is 15.4 Å². The molecule has 1 unspecified atom stereocenters. The van der Waals surface area contributed by atoms with E-state index in [2.05, 4.69) is 20.4 Å². The van der Waals surface area contributed by atoms with E-state index < -0.39 is 12.7 Å². The van der Waals surface area contributed by atoms with E-state index in [1.165, 1.54) is 12.1 Å². The van der Waals surface area contributed by atoms with Gasteiger partial charge in [0, 0.05) is 12.1 Å². The van der Waals surface area contributed by atoms with Gasteiger partial charge >= 0.3 is 6.61 Å². The van der Waals surface area contributed by atoms with E-state index in [0.29, 0.717) is 31.7 Å². The van der Waals surface area contributed by atoms with Crippen molar-refractivity contribution in [3.63, 3.8) is 0 Å². The maximum atomic E-state index is 12.7. The molecule has 1 aromatic heterocycles. The van der Waals surface area contributed by atoms with Crippen molar-refractivity contribution < 1.29 is 23.1 Å². The van der Waals surface area contributed by atoms with Crippen LogP contribution < -0.4 is 15.4 Å². The fraction of sp³-hybridized carbons (Fsp3) is 0.409. The van der Waals surface area contributed by atoms with Crippen LogP contribution in [-0.2, 0) is 9.59 Å². The van der Waals surface area contributed by atoms with Gasteiger partial charge in [0.2, 0.25) is 11.8 Å². The first kappa shape index (κ1) is 22.6. The molecule has 0 aliphatic carbocycles. The van der Waals surface area contributed by atoms with Crippen molar-refractivity contribution in [2.45, 2.75) is 39.3 Å². The third-order valence-electron chi connectivity index (χ3n) is 5.36. The van der Waals surface area contributed by atoms with Crippen LogP contribution in [0.15, 0.2) is 42.6 Å². The lowest BCUT2D eigenvalue weighted by molar-refractivity contribution is -0.123. The lowest BCUT2D eigenvalue weighted by atomic mass is 9.95. The zero-order valence-corrected chi connectivity index (χ0v) is 17.5. The van der Waals surface area contributed by atoms with Gasteiger partial charge in [-0.1, -0.05) is 12.1 Å². The number of hydrogen-bond acceptors (Lipinski definition) is 5. The van der Waals surface area contributed by atoms with Gasteiger partial charge in [-0.25, -0.2) is 4.98 Å². The molecule has 2 aromatic rings. The predicted molar refractivity (Wildman–Crippen MR) is 113 cm³/mol. The van der Waals surface area contributed by atoms with Crippen molar-refractivity contribution in [2.24, 2.45) is 5.92 Å². The number of pyridine rings is 1. The minimum absolute atomic E-state index is 0.0760. The van der Waals surface area contributed by atoms with Gasteiger partial charge in [0.1, 0.15) is 11.6 Å². The lowest BCUT2D eigenvalue weighted by Gasteiger charge is -2.34. The molecule has 2 N–H and O–H groups in total. The van der Waals surface area contributed by atoms with Crippen LogP contribution in [-0.4, -0.2) is 47.4 Å². The second kappa shape index (κ2) is 10.3. The fourth-order valence-electron chi connectivity index (χ4n) is 3.55. The Hall–Kier alpha value is -3.07. The number of halogens is 2. The number of alkyl halides is 2. The standard InChI is InChI=1S/C22H26F2N4O3/c1-14-7-10-25-19(13-14)27-21(30)16-8-11-28(12-9-16)15(2)20(29)26-17-5-3-4-6-18(17)31-22(23)24/h3-7,10,13,15-16,22H,8-9,11-12H2,1-2H3,(H,26,29)(H,25,27,30). The summed E-state index contributed by atoms with van der Waals surface area (Å²) < 4.78 is 29.6. The molecule has 31 heavy (non-hydrogen) atoms. The van der Waals surface area contributed by atoms with Crippen molar-refractivity contribution in [2.75, 3.05) is 23.7 Å². The second-order valence-corrected chi connectivity index (χ2v) is 7.56. The molecule has 0 bridgehead atoms. The quantitative estimate of drug-likeness (QED) is 0.698. The molecule has 1 aromatic carbocycles. The van der Waals surface area contributed by atoms with E-state index >= 15 is 0 Å². The average molecular weight is 432 g/mol. The SMILES string of the molecule is Cc1ccnc(NC(=O)C2CCN(C(C)C(=O)Nc3ccccc3OC(F)F)CC2)c1. The Morgan fingerprint density at radius 3 is 2.55 bits per heavy atom. The Balaban J connectivity index is 1.52. The zero-order chi connectivity index (χ0) is 22.4. The normalized spacial score (nSPS) is 16.0. The summed E-state index contributed by atoms with van der Waals surface area (Å²) in [5.74, 6) is -0.109. The largest absolute Gasteiger partial charge is 0.433 e. The molecule has 1 aliphatic rings. The highest BCUT2D eigenvalue weighted by molar-refractivity contribution is 5.96. The first-order valence-electron chi connectivity index (χ1n) is 10.2. The van der Waals surface area contributed by atoms with Crippen molar-refractivity contribution in [3.05, 3.63) is 48.2 Å². The molecule has 9 heteroatoms. The number of rotatable bonds is 7. The van der Waals surface area contributed by atoms with Gasteiger partial charge in [0.15, 0.2) is 0 Å². The Labute approximate surface area is 179 Å². The fourth-order valence-corrected chi connectivity index (χ4v) is 3.55. The van der Waals surface area contributed by atoms with Crippen LogP contribution in [0.25, 0.3) is 0 Å². The van der Waals surface area contributed by atoms with Crippen LogP contribution in [0.4, 0.5) is 20.3 Å². The number of carbonyl (C=O) groups is 2. The number of para-hydroxylation sites is 2. The van der Waals surface area contributed by atoms with Gasteiger partial charge in [-0.3, -0.25) is 14.5 Å². The highest BCUT2D eigenvalue weighted by Crippen LogP contribution is 2.26. The summed E-state index contributed by atoms with van der Waals surface area (Å²) in [6.07, 6.45) is 2.87. The molecule has 2 heterocycles. The highest BCUT2D eigenvalue weighted by atomic mass is 19.3. The smallest absolute Gasteiger partial charge is 0.387 e. The molecule has 0 radical (unpaired) electrons. The number of carbonyl (C=O) groups excluding carboxylic acids is 2. The molecule has 7 nitrogen and oxygen atoms in total. The third-order valence-corrected chi connectivity index (χ3v) is 5.36. The van der Waals surface area contributed by atoms with Crippen LogP contribution in [0.2, 0.25) is 0 Å². The van der Waals surface area contributed by atoms with E-state index in [4.69, 9.17) is 0 Å². The second-order valence-electron chi connectivity index (χ2n) is 7.56. The zero-order valence-electron chi connectivity index (χ0n) is 17.5. The first-order chi connectivity index (χ1) is 14.8. The summed E-state index contributed by atoms with van der Waals surface area (Å²) in [6, 6.07) is 9.26. The van der Waals surface area contributed by atoms with E-state index in [9.17, 15) is 18.4 Å². The van der Waals surface area contributed by atoms with Crippen LogP contribution >= 0.6 is 0 Å². The number of amides is 2. The molecule has 1 fully saturated rings. The van der Waals surface area contributed by atoms with Crippen LogP contribution in [0.3, 0.4) is 0 Å². The molecule has 2 amide bonds. The number of hydrogen-bond donors (Lipinski definition) is 2.